The van der Waals surface area contributed by atoms with E-state index in [2.05, 4.69) is 0 Å². The van der Waals surface area contributed by atoms with Crippen LogP contribution in [-0.2, 0) is 0 Å². The number of ether oxygens (including phenoxy) is 1. The van der Waals surface area contributed by atoms with Gasteiger partial charge >= 0.3 is 0 Å². The van der Waals surface area contributed by atoms with E-state index >= 15 is 0 Å². The largest absolute Gasteiger partial charge is 0.450 e. The Morgan fingerprint density at radius 3 is 2.62 bits per heavy atom. The number of halogens is 1. The summed E-state index contributed by atoms with van der Waals surface area (Å²) in [6.45, 7) is 0. The summed E-state index contributed by atoms with van der Waals surface area (Å²) < 4.78 is 24.1. The van der Waals surface area contributed by atoms with Crippen molar-refractivity contribution in [2.75, 3.05) is 0 Å². The Kier molecular flexibility index (Phi) is 3.02. The van der Waals surface area contributed by atoms with Gasteiger partial charge in [0, 0.05) is 0 Å². The zero-order chi connectivity index (χ0) is 14.8. The molecule has 3 rings (SSSR count). The monoisotopic (exact) mass is 278 g/mol. The lowest BCUT2D eigenvalue weighted by Gasteiger charge is -2.06. The summed E-state index contributed by atoms with van der Waals surface area (Å²) in [6, 6.07) is 14.4. The van der Waals surface area contributed by atoms with Gasteiger partial charge in [-0.2, -0.15) is 10.5 Å². The quantitative estimate of drug-likeness (QED) is 0.707. The SMILES string of the molecule is N#Cc1cc(F)ccc1Oc1c(C#N)oc2ccccc12. The van der Waals surface area contributed by atoms with Gasteiger partial charge in [-0.05, 0) is 30.3 Å². The van der Waals surface area contributed by atoms with Gasteiger partial charge in [-0.1, -0.05) is 12.1 Å². The third kappa shape index (κ3) is 2.18. The van der Waals surface area contributed by atoms with Gasteiger partial charge in [0.1, 0.15) is 29.3 Å². The highest BCUT2D eigenvalue weighted by atomic mass is 19.1. The molecule has 0 radical (unpaired) electrons. The van der Waals surface area contributed by atoms with Crippen LogP contribution >= 0.6 is 0 Å². The van der Waals surface area contributed by atoms with E-state index in [-0.39, 0.29) is 22.8 Å². The summed E-state index contributed by atoms with van der Waals surface area (Å²) in [5.41, 5.74) is 0.550. The minimum absolute atomic E-state index is 0.00409. The van der Waals surface area contributed by atoms with Crippen LogP contribution in [0.15, 0.2) is 46.9 Å². The average Bonchev–Trinajstić information content (AvgIpc) is 2.87. The summed E-state index contributed by atoms with van der Waals surface area (Å²) >= 11 is 0. The molecule has 0 spiro atoms. The minimum Gasteiger partial charge on any atom is -0.450 e. The van der Waals surface area contributed by atoms with Crippen molar-refractivity contribution >= 4 is 11.0 Å². The number of rotatable bonds is 2. The number of hydrogen-bond donors (Lipinski definition) is 0. The van der Waals surface area contributed by atoms with Gasteiger partial charge in [0.05, 0.1) is 10.9 Å². The molecular formula is C16H7FN2O2. The molecule has 0 unspecified atom stereocenters. The molecule has 0 bridgehead atoms. The molecule has 0 saturated carbocycles. The zero-order valence-corrected chi connectivity index (χ0v) is 10.6. The molecule has 100 valence electrons. The smallest absolute Gasteiger partial charge is 0.247 e. The molecule has 0 amide bonds. The Bertz CT molecular complexity index is 916. The molecule has 1 aromatic heterocycles. The number of para-hydroxylation sites is 1. The van der Waals surface area contributed by atoms with Gasteiger partial charge in [-0.15, -0.1) is 0 Å². The normalized spacial score (nSPS) is 10.0. The topological polar surface area (TPSA) is 69.9 Å². The van der Waals surface area contributed by atoms with Crippen LogP contribution in [0, 0.1) is 28.5 Å². The van der Waals surface area contributed by atoms with Gasteiger partial charge in [-0.25, -0.2) is 4.39 Å². The van der Waals surface area contributed by atoms with Crippen molar-refractivity contribution in [3.8, 4) is 23.6 Å². The molecule has 0 N–H and O–H groups in total. The molecule has 21 heavy (non-hydrogen) atoms. The molecule has 0 fully saturated rings. The maximum absolute atomic E-state index is 13.1. The van der Waals surface area contributed by atoms with E-state index in [4.69, 9.17) is 19.7 Å². The van der Waals surface area contributed by atoms with Gasteiger partial charge in [0.15, 0.2) is 5.75 Å². The van der Waals surface area contributed by atoms with Crippen LogP contribution in [0.2, 0.25) is 0 Å². The fraction of sp³-hybridized carbons (Fsp3) is 0. The standard InChI is InChI=1S/C16H7FN2O2/c17-11-5-6-13(10(7-11)8-18)21-16-12-3-1-2-4-14(12)20-15(16)9-19/h1-7H. The lowest BCUT2D eigenvalue weighted by atomic mass is 10.2. The highest BCUT2D eigenvalue weighted by Gasteiger charge is 2.17. The number of benzene rings is 2. The number of nitriles is 2. The summed E-state index contributed by atoms with van der Waals surface area (Å²) in [4.78, 5) is 0. The van der Waals surface area contributed by atoms with Gasteiger partial charge in [0.25, 0.3) is 0 Å². The second-order valence-electron chi connectivity index (χ2n) is 4.22. The van der Waals surface area contributed by atoms with E-state index in [0.29, 0.717) is 11.0 Å². The van der Waals surface area contributed by atoms with Gasteiger partial charge in [0.2, 0.25) is 5.76 Å². The van der Waals surface area contributed by atoms with E-state index in [1.54, 1.807) is 24.3 Å². The first-order valence-electron chi connectivity index (χ1n) is 6.02. The Morgan fingerprint density at radius 2 is 1.86 bits per heavy atom. The number of hydrogen-bond acceptors (Lipinski definition) is 4. The van der Waals surface area contributed by atoms with Crippen molar-refractivity contribution in [3.63, 3.8) is 0 Å². The Hall–Kier alpha value is -3.31. The maximum atomic E-state index is 13.1. The Morgan fingerprint density at radius 1 is 1.05 bits per heavy atom. The van der Waals surface area contributed by atoms with Crippen molar-refractivity contribution in [2.45, 2.75) is 0 Å². The average molecular weight is 278 g/mol. The first-order valence-corrected chi connectivity index (χ1v) is 6.02. The molecule has 4 nitrogen and oxygen atoms in total. The lowest BCUT2D eigenvalue weighted by molar-refractivity contribution is 0.464. The maximum Gasteiger partial charge on any atom is 0.247 e. The van der Waals surface area contributed by atoms with Crippen LogP contribution in [0.25, 0.3) is 11.0 Å². The Balaban J connectivity index is 2.15. The summed E-state index contributed by atoms with van der Waals surface area (Å²) in [6.07, 6.45) is 0. The molecule has 5 heteroatoms. The highest BCUT2D eigenvalue weighted by Crippen LogP contribution is 2.36. The lowest BCUT2D eigenvalue weighted by Crippen LogP contribution is -1.90. The van der Waals surface area contributed by atoms with Crippen LogP contribution in [0.3, 0.4) is 0 Å². The molecule has 0 saturated heterocycles. The first-order chi connectivity index (χ1) is 10.2. The minimum atomic E-state index is -0.531. The van der Waals surface area contributed by atoms with Crippen LogP contribution in [0.5, 0.6) is 11.5 Å². The van der Waals surface area contributed by atoms with Crippen LogP contribution in [0.4, 0.5) is 4.39 Å². The summed E-state index contributed by atoms with van der Waals surface area (Å²) in [5.74, 6) is -0.140. The fourth-order valence-electron chi connectivity index (χ4n) is 1.99. The van der Waals surface area contributed by atoms with E-state index in [1.165, 1.54) is 12.1 Å². The second-order valence-corrected chi connectivity index (χ2v) is 4.22. The molecule has 0 aliphatic heterocycles. The Labute approximate surface area is 119 Å². The second kappa shape index (κ2) is 4.99. The molecule has 3 aromatic rings. The van der Waals surface area contributed by atoms with Crippen molar-refractivity contribution < 1.29 is 13.5 Å². The number of nitrogens with zero attached hydrogens (tertiary/aromatic N) is 2. The molecule has 2 aromatic carbocycles. The molecule has 0 aliphatic rings. The van der Waals surface area contributed by atoms with E-state index in [0.717, 1.165) is 6.07 Å². The predicted octanol–water partition coefficient (Wildman–Crippen LogP) is 4.11. The van der Waals surface area contributed by atoms with Gasteiger partial charge in [-0.3, -0.25) is 0 Å². The van der Waals surface area contributed by atoms with E-state index in [9.17, 15) is 4.39 Å². The molecule has 0 atom stereocenters. The van der Waals surface area contributed by atoms with Crippen LogP contribution in [-0.4, -0.2) is 0 Å². The van der Waals surface area contributed by atoms with Crippen LogP contribution < -0.4 is 4.74 Å². The van der Waals surface area contributed by atoms with Crippen molar-refractivity contribution in [2.24, 2.45) is 0 Å². The molecule has 1 heterocycles. The molecular weight excluding hydrogens is 271 g/mol. The van der Waals surface area contributed by atoms with E-state index in [1.807, 2.05) is 12.1 Å². The van der Waals surface area contributed by atoms with E-state index < -0.39 is 5.82 Å². The summed E-state index contributed by atoms with van der Waals surface area (Å²) in [5, 5.41) is 18.8. The predicted molar refractivity (Wildman–Crippen MR) is 72.1 cm³/mol. The van der Waals surface area contributed by atoms with Crippen LogP contribution in [0.1, 0.15) is 11.3 Å². The molecule has 0 aliphatic carbocycles. The third-order valence-electron chi connectivity index (χ3n) is 2.93. The third-order valence-corrected chi connectivity index (χ3v) is 2.93. The zero-order valence-electron chi connectivity index (χ0n) is 10.6. The number of fused-ring (bicyclic) bond motifs is 1. The highest BCUT2D eigenvalue weighted by molar-refractivity contribution is 5.86. The van der Waals surface area contributed by atoms with Gasteiger partial charge < -0.3 is 9.15 Å². The first kappa shape index (κ1) is 12.7. The van der Waals surface area contributed by atoms with Crippen molar-refractivity contribution in [1.82, 2.24) is 0 Å². The number of furan rings is 1. The summed E-state index contributed by atoms with van der Waals surface area (Å²) in [7, 11) is 0. The van der Waals surface area contributed by atoms with Crippen molar-refractivity contribution in [1.29, 1.82) is 10.5 Å². The fourth-order valence-corrected chi connectivity index (χ4v) is 1.99. The van der Waals surface area contributed by atoms with Crippen molar-refractivity contribution in [3.05, 3.63) is 59.6 Å².